The molecule has 1 N–H and O–H groups in total. The first-order chi connectivity index (χ1) is 12.6. The van der Waals surface area contributed by atoms with Crippen LogP contribution in [0, 0.1) is 0 Å². The van der Waals surface area contributed by atoms with Crippen molar-refractivity contribution in [3.05, 3.63) is 62.3 Å². The highest BCUT2D eigenvalue weighted by Crippen LogP contribution is 2.44. The Morgan fingerprint density at radius 1 is 1.12 bits per heavy atom. The van der Waals surface area contributed by atoms with Crippen molar-refractivity contribution in [1.82, 2.24) is 4.90 Å². The Morgan fingerprint density at radius 2 is 1.81 bits per heavy atom. The van der Waals surface area contributed by atoms with Crippen molar-refractivity contribution in [2.45, 2.75) is 37.8 Å². The Morgan fingerprint density at radius 3 is 2.42 bits per heavy atom. The van der Waals surface area contributed by atoms with Gasteiger partial charge >= 0.3 is 0 Å². The lowest BCUT2D eigenvalue weighted by Gasteiger charge is -2.29. The van der Waals surface area contributed by atoms with E-state index in [2.05, 4.69) is 15.9 Å². The Kier molecular flexibility index (Phi) is 4.71. The van der Waals surface area contributed by atoms with E-state index in [1.165, 1.54) is 11.3 Å². The topological polar surface area (TPSA) is 57.6 Å². The molecule has 1 saturated carbocycles. The molecule has 1 aromatic heterocycles. The molecule has 1 unspecified atom stereocenters. The molecule has 4 nitrogen and oxygen atoms in total. The zero-order chi connectivity index (χ0) is 18.3. The van der Waals surface area contributed by atoms with Crippen molar-refractivity contribution in [2.24, 2.45) is 0 Å². The molecule has 2 fully saturated rings. The molecule has 0 spiro atoms. The summed E-state index contributed by atoms with van der Waals surface area (Å²) in [4.78, 5) is 28.3. The number of aliphatic hydroxyl groups is 1. The molecule has 1 atom stereocenters. The number of carbonyl (C=O) groups is 2. The number of benzene rings is 1. The van der Waals surface area contributed by atoms with E-state index in [-0.39, 0.29) is 17.4 Å². The van der Waals surface area contributed by atoms with Crippen LogP contribution >= 0.6 is 27.3 Å². The number of thiophene rings is 1. The van der Waals surface area contributed by atoms with Gasteiger partial charge in [0.1, 0.15) is 5.76 Å². The molecular weight excluding hydrogens is 414 g/mol. The van der Waals surface area contributed by atoms with Crippen LogP contribution in [0.2, 0.25) is 0 Å². The number of amides is 1. The van der Waals surface area contributed by atoms with Crippen LogP contribution in [0.3, 0.4) is 0 Å². The number of ketones is 1. The van der Waals surface area contributed by atoms with Crippen molar-refractivity contribution in [1.29, 1.82) is 0 Å². The number of likely N-dealkylation sites (tertiary alicyclic amines) is 1. The molecule has 1 aromatic carbocycles. The van der Waals surface area contributed by atoms with Gasteiger partial charge in [-0.25, -0.2) is 0 Å². The molecule has 1 aliphatic heterocycles. The van der Waals surface area contributed by atoms with E-state index >= 15 is 0 Å². The van der Waals surface area contributed by atoms with Gasteiger partial charge < -0.3 is 10.0 Å². The highest BCUT2D eigenvalue weighted by Gasteiger charge is 2.49. The highest BCUT2D eigenvalue weighted by molar-refractivity contribution is 9.10. The maximum Gasteiger partial charge on any atom is 0.295 e. The summed E-state index contributed by atoms with van der Waals surface area (Å²) < 4.78 is 0.885. The molecule has 1 amide bonds. The van der Waals surface area contributed by atoms with Gasteiger partial charge in [0.2, 0.25) is 0 Å². The van der Waals surface area contributed by atoms with Crippen LogP contribution in [-0.2, 0) is 9.59 Å². The smallest absolute Gasteiger partial charge is 0.295 e. The second-order valence-corrected chi connectivity index (χ2v) is 8.56. The van der Waals surface area contributed by atoms with E-state index in [9.17, 15) is 14.7 Å². The van der Waals surface area contributed by atoms with Crippen LogP contribution in [0.5, 0.6) is 0 Å². The lowest BCUT2D eigenvalue weighted by atomic mass is 9.99. The fourth-order valence-electron chi connectivity index (χ4n) is 3.90. The molecule has 26 heavy (non-hydrogen) atoms. The summed E-state index contributed by atoms with van der Waals surface area (Å²) in [6.45, 7) is 0. The van der Waals surface area contributed by atoms with Gasteiger partial charge in [-0.3, -0.25) is 9.59 Å². The second-order valence-electron chi connectivity index (χ2n) is 6.67. The number of carbonyl (C=O) groups excluding carboxylic acids is 2. The Hall–Kier alpha value is -1.92. The normalized spacial score (nSPS) is 23.1. The van der Waals surface area contributed by atoms with E-state index in [1.54, 1.807) is 17.0 Å². The molecule has 0 bridgehead atoms. The number of hydrogen-bond donors (Lipinski definition) is 1. The minimum absolute atomic E-state index is 0.0637. The van der Waals surface area contributed by atoms with Crippen molar-refractivity contribution in [3.63, 3.8) is 0 Å². The monoisotopic (exact) mass is 431 g/mol. The van der Waals surface area contributed by atoms with Gasteiger partial charge in [0.05, 0.1) is 11.6 Å². The molecule has 2 aliphatic rings. The van der Waals surface area contributed by atoms with E-state index in [1.807, 2.05) is 29.6 Å². The predicted molar refractivity (Wildman–Crippen MR) is 105 cm³/mol. The van der Waals surface area contributed by atoms with E-state index in [4.69, 9.17) is 0 Å². The third kappa shape index (κ3) is 2.91. The minimum Gasteiger partial charge on any atom is -0.507 e. The molecule has 4 rings (SSSR count). The van der Waals surface area contributed by atoms with Gasteiger partial charge in [0.25, 0.3) is 11.7 Å². The van der Waals surface area contributed by atoms with Crippen LogP contribution < -0.4 is 0 Å². The molecule has 1 saturated heterocycles. The first-order valence-electron chi connectivity index (χ1n) is 8.67. The number of rotatable bonds is 3. The predicted octanol–water partition coefficient (Wildman–Crippen LogP) is 4.87. The molecule has 2 aromatic rings. The van der Waals surface area contributed by atoms with Gasteiger partial charge in [-0.1, -0.05) is 47.0 Å². The highest BCUT2D eigenvalue weighted by atomic mass is 79.9. The molecule has 134 valence electrons. The number of halogens is 1. The zero-order valence-electron chi connectivity index (χ0n) is 14.0. The van der Waals surface area contributed by atoms with Gasteiger partial charge in [-0.05, 0) is 36.4 Å². The number of aliphatic hydroxyl groups excluding tert-OH is 1. The SMILES string of the molecule is O=C1C(=O)N(C2CCCC2)C(c2cccs2)/C1=C(/O)c1ccc(Br)cc1. The number of Topliss-reactive ketones (excluding diaryl/α,β-unsaturated/α-hetero) is 1. The average molecular weight is 432 g/mol. The fraction of sp³-hybridized carbons (Fsp3) is 0.300. The lowest BCUT2D eigenvalue weighted by Crippen LogP contribution is -2.37. The van der Waals surface area contributed by atoms with Gasteiger partial charge in [-0.2, -0.15) is 0 Å². The van der Waals surface area contributed by atoms with Crippen molar-refractivity contribution >= 4 is 44.7 Å². The molecule has 2 heterocycles. The third-order valence-corrected chi connectivity index (χ3v) is 6.58. The summed E-state index contributed by atoms with van der Waals surface area (Å²) in [5.74, 6) is -1.18. The summed E-state index contributed by atoms with van der Waals surface area (Å²) in [5, 5.41) is 12.8. The first-order valence-corrected chi connectivity index (χ1v) is 10.3. The number of nitrogens with zero attached hydrogens (tertiary/aromatic N) is 1. The Balaban J connectivity index is 1.86. The van der Waals surface area contributed by atoms with E-state index in [0.717, 1.165) is 35.0 Å². The van der Waals surface area contributed by atoms with Gasteiger partial charge in [0, 0.05) is 21.0 Å². The minimum atomic E-state index is -0.587. The second kappa shape index (κ2) is 7.00. The summed E-state index contributed by atoms with van der Waals surface area (Å²) in [5.41, 5.74) is 0.742. The largest absolute Gasteiger partial charge is 0.507 e. The average Bonchev–Trinajstić information content (AvgIpc) is 3.37. The maximum atomic E-state index is 12.8. The van der Waals surface area contributed by atoms with Crippen molar-refractivity contribution in [3.8, 4) is 0 Å². The zero-order valence-corrected chi connectivity index (χ0v) is 16.4. The Labute approximate surface area is 164 Å². The van der Waals surface area contributed by atoms with Crippen LogP contribution in [-0.4, -0.2) is 27.7 Å². The molecule has 1 aliphatic carbocycles. The quantitative estimate of drug-likeness (QED) is 0.428. The van der Waals surface area contributed by atoms with Crippen LogP contribution in [0.15, 0.2) is 51.8 Å². The first kappa shape index (κ1) is 17.5. The van der Waals surface area contributed by atoms with Crippen LogP contribution in [0.4, 0.5) is 0 Å². The fourth-order valence-corrected chi connectivity index (χ4v) is 4.99. The molecular formula is C20H18BrNO3S. The third-order valence-electron chi connectivity index (χ3n) is 5.13. The van der Waals surface area contributed by atoms with Crippen LogP contribution in [0.25, 0.3) is 5.76 Å². The van der Waals surface area contributed by atoms with Crippen molar-refractivity contribution < 1.29 is 14.7 Å². The maximum absolute atomic E-state index is 12.8. The summed E-state index contributed by atoms with van der Waals surface area (Å²) in [7, 11) is 0. The van der Waals surface area contributed by atoms with Gasteiger partial charge in [0.15, 0.2) is 0 Å². The standard InChI is InChI=1S/C20H18BrNO3S/c21-13-9-7-12(8-10-13)18(23)16-17(15-6-3-11-26-15)22(20(25)19(16)24)14-4-1-2-5-14/h3,6-11,14,17,23H,1-2,4-5H2/b18-16-. The van der Waals surface area contributed by atoms with E-state index < -0.39 is 17.7 Å². The lowest BCUT2D eigenvalue weighted by molar-refractivity contribution is -0.141. The van der Waals surface area contributed by atoms with Gasteiger partial charge in [-0.15, -0.1) is 11.3 Å². The molecule has 0 radical (unpaired) electrons. The van der Waals surface area contributed by atoms with Crippen LogP contribution in [0.1, 0.15) is 42.2 Å². The summed E-state index contributed by atoms with van der Waals surface area (Å²) in [6.07, 6.45) is 3.95. The molecule has 6 heteroatoms. The summed E-state index contributed by atoms with van der Waals surface area (Å²) >= 11 is 4.88. The summed E-state index contributed by atoms with van der Waals surface area (Å²) in [6, 6.07) is 10.5. The van der Waals surface area contributed by atoms with Crippen molar-refractivity contribution in [2.75, 3.05) is 0 Å². The van der Waals surface area contributed by atoms with E-state index in [0.29, 0.717) is 5.56 Å². The number of hydrogen-bond acceptors (Lipinski definition) is 4. The Bertz CT molecular complexity index is 867.